The molecule has 3 rings (SSSR count). The van der Waals surface area contributed by atoms with Crippen molar-refractivity contribution in [3.05, 3.63) is 52.3 Å². The van der Waals surface area contributed by atoms with Gasteiger partial charge in [-0.05, 0) is 38.8 Å². The molecular weight excluding hydrogens is 318 g/mol. The van der Waals surface area contributed by atoms with E-state index in [0.717, 1.165) is 22.4 Å². The molecule has 0 aliphatic carbocycles. The summed E-state index contributed by atoms with van der Waals surface area (Å²) >= 11 is 0. The van der Waals surface area contributed by atoms with Crippen molar-refractivity contribution in [2.24, 2.45) is 0 Å². The molecule has 1 aromatic carbocycles. The number of nitrogens with one attached hydrogen (secondary N) is 2. The third-order valence-corrected chi connectivity index (χ3v) is 4.56. The number of carbonyl (C=O) groups is 1. The van der Waals surface area contributed by atoms with Crippen LogP contribution >= 0.6 is 0 Å². The second kappa shape index (κ2) is 6.61. The van der Waals surface area contributed by atoms with Crippen LogP contribution in [-0.2, 0) is 23.3 Å². The molecule has 0 radical (unpaired) electrons. The zero-order valence-corrected chi connectivity index (χ0v) is 15.1. The van der Waals surface area contributed by atoms with E-state index >= 15 is 0 Å². The third-order valence-electron chi connectivity index (χ3n) is 4.56. The maximum absolute atomic E-state index is 12.5. The molecule has 134 valence electrons. The smallest absolute Gasteiger partial charge is 0.272 e. The van der Waals surface area contributed by atoms with E-state index in [1.165, 1.54) is 0 Å². The van der Waals surface area contributed by atoms with Gasteiger partial charge in [0.1, 0.15) is 0 Å². The first-order valence-corrected chi connectivity index (χ1v) is 8.58. The topological polar surface area (TPSA) is 87.2 Å². The first-order valence-electron chi connectivity index (χ1n) is 8.58. The number of rotatable bonds is 4. The van der Waals surface area contributed by atoms with Gasteiger partial charge in [-0.25, -0.2) is 0 Å². The second-order valence-electron chi connectivity index (χ2n) is 7.20. The standard InChI is InChI=1S/C19H25N3O3/c1-11-9-15-16(12(2)25-11)21-22-17(15)18(23)20-10-13-5-7-14(8-6-13)19(3,4)24/h5-8,11-12,24H,9-10H2,1-4H3,(H,20,23)(H,21,22)/t11-,12+/m1/s1. The molecule has 2 atom stereocenters. The Morgan fingerprint density at radius 3 is 2.68 bits per heavy atom. The Balaban J connectivity index is 1.68. The maximum Gasteiger partial charge on any atom is 0.272 e. The highest BCUT2D eigenvalue weighted by molar-refractivity contribution is 5.94. The van der Waals surface area contributed by atoms with Crippen LogP contribution < -0.4 is 5.32 Å². The molecule has 0 saturated carbocycles. The van der Waals surface area contributed by atoms with Gasteiger partial charge in [-0.15, -0.1) is 0 Å². The maximum atomic E-state index is 12.5. The summed E-state index contributed by atoms with van der Waals surface area (Å²) in [6.45, 7) is 7.86. The molecule has 3 N–H and O–H groups in total. The van der Waals surface area contributed by atoms with Gasteiger partial charge in [-0.3, -0.25) is 9.89 Å². The summed E-state index contributed by atoms with van der Waals surface area (Å²) in [5.74, 6) is -0.189. The van der Waals surface area contributed by atoms with Gasteiger partial charge in [0.2, 0.25) is 0 Å². The Morgan fingerprint density at radius 2 is 2.04 bits per heavy atom. The normalized spacial score (nSPS) is 20.2. The number of amides is 1. The second-order valence-corrected chi connectivity index (χ2v) is 7.20. The average Bonchev–Trinajstić information content (AvgIpc) is 2.96. The van der Waals surface area contributed by atoms with Crippen molar-refractivity contribution in [1.29, 1.82) is 0 Å². The molecule has 0 spiro atoms. The van der Waals surface area contributed by atoms with Crippen LogP contribution in [0.2, 0.25) is 0 Å². The Labute approximate surface area is 147 Å². The van der Waals surface area contributed by atoms with Gasteiger partial charge >= 0.3 is 0 Å². The minimum Gasteiger partial charge on any atom is -0.386 e. The van der Waals surface area contributed by atoms with Gasteiger partial charge in [-0.1, -0.05) is 24.3 Å². The lowest BCUT2D eigenvalue weighted by atomic mass is 9.97. The van der Waals surface area contributed by atoms with Crippen LogP contribution in [0, 0.1) is 0 Å². The van der Waals surface area contributed by atoms with E-state index < -0.39 is 5.60 Å². The van der Waals surface area contributed by atoms with Gasteiger partial charge in [-0.2, -0.15) is 5.10 Å². The Kier molecular flexibility index (Phi) is 4.67. The summed E-state index contributed by atoms with van der Waals surface area (Å²) in [7, 11) is 0. The summed E-state index contributed by atoms with van der Waals surface area (Å²) in [5.41, 5.74) is 3.22. The summed E-state index contributed by atoms with van der Waals surface area (Å²) in [4.78, 5) is 12.5. The van der Waals surface area contributed by atoms with Crippen LogP contribution in [-0.4, -0.2) is 27.3 Å². The van der Waals surface area contributed by atoms with Gasteiger partial charge in [0.05, 0.1) is 23.5 Å². The van der Waals surface area contributed by atoms with Crippen molar-refractivity contribution in [2.45, 2.75) is 58.5 Å². The van der Waals surface area contributed by atoms with E-state index in [1.54, 1.807) is 13.8 Å². The summed E-state index contributed by atoms with van der Waals surface area (Å²) in [6, 6.07) is 7.56. The predicted molar refractivity (Wildman–Crippen MR) is 94.1 cm³/mol. The van der Waals surface area contributed by atoms with Crippen molar-refractivity contribution >= 4 is 5.91 Å². The fourth-order valence-corrected chi connectivity index (χ4v) is 3.16. The number of aromatic amines is 1. The fraction of sp³-hybridized carbons (Fsp3) is 0.474. The lowest BCUT2D eigenvalue weighted by Gasteiger charge is -2.25. The molecule has 1 amide bonds. The first-order chi connectivity index (χ1) is 11.8. The number of nitrogens with zero attached hydrogens (tertiary/aromatic N) is 1. The third kappa shape index (κ3) is 3.75. The van der Waals surface area contributed by atoms with Crippen molar-refractivity contribution in [3.8, 4) is 0 Å². The SMILES string of the molecule is C[C@@H]1Cc2c(C(=O)NCc3ccc(C(C)(C)O)cc3)n[nH]c2[C@H](C)O1. The number of fused-ring (bicyclic) bond motifs is 1. The van der Waals surface area contributed by atoms with Gasteiger partial charge < -0.3 is 15.2 Å². The van der Waals surface area contributed by atoms with Crippen LogP contribution in [0.4, 0.5) is 0 Å². The zero-order valence-electron chi connectivity index (χ0n) is 15.1. The molecule has 2 aromatic rings. The Bertz CT molecular complexity index is 759. The molecule has 1 aliphatic heterocycles. The lowest BCUT2D eigenvalue weighted by molar-refractivity contribution is -0.00697. The number of hydrogen-bond acceptors (Lipinski definition) is 4. The highest BCUT2D eigenvalue weighted by Crippen LogP contribution is 2.30. The highest BCUT2D eigenvalue weighted by Gasteiger charge is 2.29. The summed E-state index contributed by atoms with van der Waals surface area (Å²) in [6.07, 6.45) is 0.669. The van der Waals surface area contributed by atoms with Crippen LogP contribution in [0.25, 0.3) is 0 Å². The molecule has 0 fully saturated rings. The molecule has 2 heterocycles. The van der Waals surface area contributed by atoms with E-state index in [-0.39, 0.29) is 18.1 Å². The van der Waals surface area contributed by atoms with Gasteiger partial charge in [0.15, 0.2) is 5.69 Å². The number of aromatic nitrogens is 2. The van der Waals surface area contributed by atoms with Crippen LogP contribution in [0.1, 0.15) is 66.7 Å². The van der Waals surface area contributed by atoms with Gasteiger partial charge in [0.25, 0.3) is 5.91 Å². The predicted octanol–water partition coefficient (Wildman–Crippen LogP) is 2.59. The van der Waals surface area contributed by atoms with E-state index in [4.69, 9.17) is 4.74 Å². The number of H-pyrrole nitrogens is 1. The van der Waals surface area contributed by atoms with E-state index in [1.807, 2.05) is 38.1 Å². The number of hydrogen-bond donors (Lipinski definition) is 3. The highest BCUT2D eigenvalue weighted by atomic mass is 16.5. The molecule has 6 heteroatoms. The molecule has 6 nitrogen and oxygen atoms in total. The number of benzene rings is 1. The molecule has 0 bridgehead atoms. The van der Waals surface area contributed by atoms with Crippen LogP contribution in [0.15, 0.2) is 24.3 Å². The monoisotopic (exact) mass is 343 g/mol. The van der Waals surface area contributed by atoms with Crippen LogP contribution in [0.3, 0.4) is 0 Å². The largest absolute Gasteiger partial charge is 0.386 e. The Hall–Kier alpha value is -2.18. The zero-order chi connectivity index (χ0) is 18.2. The molecule has 1 aliphatic rings. The van der Waals surface area contributed by atoms with E-state index in [0.29, 0.717) is 18.7 Å². The lowest BCUT2D eigenvalue weighted by Crippen LogP contribution is -2.27. The number of carbonyl (C=O) groups excluding carboxylic acids is 1. The molecule has 25 heavy (non-hydrogen) atoms. The minimum absolute atomic E-state index is 0.0704. The molecule has 0 unspecified atom stereocenters. The average molecular weight is 343 g/mol. The minimum atomic E-state index is -0.870. The van der Waals surface area contributed by atoms with Crippen molar-refractivity contribution in [2.75, 3.05) is 0 Å². The van der Waals surface area contributed by atoms with Crippen molar-refractivity contribution in [1.82, 2.24) is 15.5 Å². The number of ether oxygens (including phenoxy) is 1. The quantitative estimate of drug-likeness (QED) is 0.796. The number of aliphatic hydroxyl groups is 1. The molecular formula is C19H25N3O3. The summed E-state index contributed by atoms with van der Waals surface area (Å²) in [5, 5.41) is 20.0. The summed E-state index contributed by atoms with van der Waals surface area (Å²) < 4.78 is 5.75. The molecule has 0 saturated heterocycles. The van der Waals surface area contributed by atoms with E-state index in [2.05, 4.69) is 15.5 Å². The van der Waals surface area contributed by atoms with Gasteiger partial charge in [0, 0.05) is 18.5 Å². The first kappa shape index (κ1) is 17.6. The molecule has 1 aromatic heterocycles. The fourth-order valence-electron chi connectivity index (χ4n) is 3.16. The van der Waals surface area contributed by atoms with Crippen molar-refractivity contribution < 1.29 is 14.6 Å². The van der Waals surface area contributed by atoms with E-state index in [9.17, 15) is 9.90 Å². The van der Waals surface area contributed by atoms with Crippen molar-refractivity contribution in [3.63, 3.8) is 0 Å². The Morgan fingerprint density at radius 1 is 1.36 bits per heavy atom. The van der Waals surface area contributed by atoms with Crippen LogP contribution in [0.5, 0.6) is 0 Å².